The van der Waals surface area contributed by atoms with E-state index in [4.69, 9.17) is 10.5 Å². The van der Waals surface area contributed by atoms with Crippen LogP contribution in [0.5, 0.6) is 5.75 Å². The summed E-state index contributed by atoms with van der Waals surface area (Å²) in [6.45, 7) is 1.97. The summed E-state index contributed by atoms with van der Waals surface area (Å²) in [5, 5.41) is 5.64. The van der Waals surface area contributed by atoms with Crippen molar-refractivity contribution in [3.05, 3.63) is 88.9 Å². The van der Waals surface area contributed by atoms with Crippen LogP contribution < -0.4 is 15.8 Å². The second-order valence-corrected chi connectivity index (χ2v) is 8.21. The lowest BCUT2D eigenvalue weighted by Gasteiger charge is -2.08. The van der Waals surface area contributed by atoms with Crippen LogP contribution in [0.4, 0.5) is 5.13 Å². The number of anilines is 1. The number of benzene rings is 3. The second-order valence-electron chi connectivity index (χ2n) is 7.13. The predicted molar refractivity (Wildman–Crippen MR) is 122 cm³/mol. The van der Waals surface area contributed by atoms with Crippen LogP contribution in [-0.2, 0) is 17.8 Å². The minimum absolute atomic E-state index is 0.253. The van der Waals surface area contributed by atoms with Gasteiger partial charge in [0.2, 0.25) is 5.91 Å². The van der Waals surface area contributed by atoms with E-state index in [1.807, 2.05) is 48.5 Å². The molecule has 0 unspecified atom stereocenters. The van der Waals surface area contributed by atoms with Crippen LogP contribution in [0.15, 0.2) is 72.8 Å². The number of ether oxygens (including phenoxy) is 1. The Labute approximate surface area is 179 Å². The van der Waals surface area contributed by atoms with Gasteiger partial charge in [0.25, 0.3) is 0 Å². The van der Waals surface area contributed by atoms with Crippen molar-refractivity contribution >= 4 is 33.1 Å². The third-order valence-corrected chi connectivity index (χ3v) is 5.74. The van der Waals surface area contributed by atoms with E-state index < -0.39 is 6.04 Å². The Morgan fingerprint density at radius 1 is 1.07 bits per heavy atom. The molecule has 1 aromatic heterocycles. The van der Waals surface area contributed by atoms with Crippen molar-refractivity contribution in [3.63, 3.8) is 0 Å². The average Bonchev–Trinajstić information content (AvgIpc) is 3.13. The lowest BCUT2D eigenvalue weighted by atomic mass is 10.1. The Morgan fingerprint density at radius 3 is 2.57 bits per heavy atom. The fourth-order valence-corrected chi connectivity index (χ4v) is 4.10. The summed E-state index contributed by atoms with van der Waals surface area (Å²) >= 11 is 1.46. The monoisotopic (exact) mass is 417 g/mol. The molecule has 5 nitrogen and oxygen atoms in total. The highest BCUT2D eigenvalue weighted by molar-refractivity contribution is 7.15. The van der Waals surface area contributed by atoms with E-state index in [1.165, 1.54) is 22.3 Å². The van der Waals surface area contributed by atoms with Crippen molar-refractivity contribution in [2.24, 2.45) is 5.73 Å². The van der Waals surface area contributed by atoms with Gasteiger partial charge in [-0.05, 0) is 35.4 Å². The summed E-state index contributed by atoms with van der Waals surface area (Å²) in [4.78, 5) is 17.7. The van der Waals surface area contributed by atoms with Gasteiger partial charge in [-0.25, -0.2) is 4.98 Å². The van der Waals surface area contributed by atoms with Gasteiger partial charge in [0.15, 0.2) is 5.13 Å². The van der Waals surface area contributed by atoms with Crippen molar-refractivity contribution in [1.82, 2.24) is 4.98 Å². The van der Waals surface area contributed by atoms with Crippen molar-refractivity contribution < 1.29 is 9.53 Å². The summed E-state index contributed by atoms with van der Waals surface area (Å²) in [6.07, 6.45) is 0.725. The molecule has 1 amide bonds. The third-order valence-electron chi connectivity index (χ3n) is 4.73. The van der Waals surface area contributed by atoms with E-state index >= 15 is 0 Å². The van der Waals surface area contributed by atoms with E-state index in [9.17, 15) is 4.79 Å². The number of amides is 1. The van der Waals surface area contributed by atoms with Crippen LogP contribution in [0.2, 0.25) is 0 Å². The third kappa shape index (κ3) is 4.84. The van der Waals surface area contributed by atoms with E-state index in [-0.39, 0.29) is 5.91 Å². The molecular weight excluding hydrogens is 394 g/mol. The maximum Gasteiger partial charge on any atom is 0.242 e. The van der Waals surface area contributed by atoms with Gasteiger partial charge >= 0.3 is 0 Å². The molecule has 3 N–H and O–H groups in total. The zero-order chi connectivity index (χ0) is 20.9. The summed E-state index contributed by atoms with van der Waals surface area (Å²) in [7, 11) is 0. The summed E-state index contributed by atoms with van der Waals surface area (Å²) in [5.41, 5.74) is 7.67. The van der Waals surface area contributed by atoms with E-state index in [2.05, 4.69) is 34.6 Å². The smallest absolute Gasteiger partial charge is 0.242 e. The van der Waals surface area contributed by atoms with E-state index in [0.717, 1.165) is 28.1 Å². The van der Waals surface area contributed by atoms with Gasteiger partial charge < -0.3 is 15.8 Å². The lowest BCUT2D eigenvalue weighted by Crippen LogP contribution is -2.32. The zero-order valence-corrected chi connectivity index (χ0v) is 17.5. The number of fused-ring (bicyclic) bond motifs is 1. The zero-order valence-electron chi connectivity index (χ0n) is 16.7. The van der Waals surface area contributed by atoms with Crippen LogP contribution in [0.25, 0.3) is 10.8 Å². The average molecular weight is 418 g/mol. The summed E-state index contributed by atoms with van der Waals surface area (Å²) in [6, 6.07) is 23.8. The standard InChI is InChI=1S/C24H23N3O2S/c1-16(25)23(28)27-24-26-21(22(30-24)13-17-7-3-2-4-8-17)15-29-20-12-11-18-9-5-6-10-19(18)14-20/h2-12,14,16H,13,15,25H2,1H3,(H,26,27,28)/t16-/m0/s1. The molecule has 4 aromatic rings. The molecule has 0 aliphatic carbocycles. The molecule has 152 valence electrons. The molecular formula is C24H23N3O2S. The maximum absolute atomic E-state index is 12.0. The van der Waals surface area contributed by atoms with E-state index in [1.54, 1.807) is 6.92 Å². The Kier molecular flexibility index (Phi) is 6.07. The number of carbonyl (C=O) groups excluding carboxylic acids is 1. The van der Waals surface area contributed by atoms with Gasteiger partial charge in [-0.15, -0.1) is 11.3 Å². The molecule has 30 heavy (non-hydrogen) atoms. The van der Waals surface area contributed by atoms with Crippen molar-refractivity contribution in [3.8, 4) is 5.75 Å². The van der Waals surface area contributed by atoms with Gasteiger partial charge in [0.05, 0.1) is 11.7 Å². The number of hydrogen-bond acceptors (Lipinski definition) is 5. The molecule has 3 aromatic carbocycles. The molecule has 1 atom stereocenters. The fraction of sp³-hybridized carbons (Fsp3) is 0.167. The minimum Gasteiger partial charge on any atom is -0.487 e. The topological polar surface area (TPSA) is 77.2 Å². The summed E-state index contributed by atoms with van der Waals surface area (Å²) < 4.78 is 6.05. The van der Waals surface area contributed by atoms with Crippen LogP contribution in [0, 0.1) is 0 Å². The molecule has 0 bridgehead atoms. The van der Waals surface area contributed by atoms with Gasteiger partial charge in [-0.3, -0.25) is 4.79 Å². The molecule has 1 heterocycles. The normalized spacial score (nSPS) is 11.9. The number of carbonyl (C=O) groups is 1. The first-order valence-electron chi connectivity index (χ1n) is 9.79. The number of nitrogens with zero attached hydrogens (tertiary/aromatic N) is 1. The van der Waals surface area contributed by atoms with Gasteiger partial charge in [-0.2, -0.15) is 0 Å². The van der Waals surface area contributed by atoms with Crippen molar-refractivity contribution in [2.45, 2.75) is 26.0 Å². The Balaban J connectivity index is 1.55. The first-order chi connectivity index (χ1) is 14.6. The van der Waals surface area contributed by atoms with Gasteiger partial charge in [0.1, 0.15) is 12.4 Å². The van der Waals surface area contributed by atoms with E-state index in [0.29, 0.717) is 11.7 Å². The van der Waals surface area contributed by atoms with Crippen molar-refractivity contribution in [2.75, 3.05) is 5.32 Å². The molecule has 0 saturated heterocycles. The number of aromatic nitrogens is 1. The molecule has 0 radical (unpaired) electrons. The number of nitrogens with two attached hydrogens (primary N) is 1. The highest BCUT2D eigenvalue weighted by atomic mass is 32.1. The summed E-state index contributed by atoms with van der Waals surface area (Å²) in [5.74, 6) is 0.533. The Bertz CT molecular complexity index is 1160. The highest BCUT2D eigenvalue weighted by Gasteiger charge is 2.16. The predicted octanol–water partition coefficient (Wildman–Crippen LogP) is 4.75. The second kappa shape index (κ2) is 9.07. The van der Waals surface area contributed by atoms with Crippen LogP contribution in [0.1, 0.15) is 23.1 Å². The molecule has 0 spiro atoms. The number of nitrogens with one attached hydrogen (secondary N) is 1. The van der Waals surface area contributed by atoms with Crippen LogP contribution in [0.3, 0.4) is 0 Å². The molecule has 0 aliphatic rings. The maximum atomic E-state index is 12.0. The first-order valence-corrected chi connectivity index (χ1v) is 10.6. The van der Waals surface area contributed by atoms with Gasteiger partial charge in [0, 0.05) is 11.3 Å². The molecule has 6 heteroatoms. The van der Waals surface area contributed by atoms with Crippen LogP contribution in [-0.4, -0.2) is 16.9 Å². The Morgan fingerprint density at radius 2 is 1.80 bits per heavy atom. The number of thiazole rings is 1. The van der Waals surface area contributed by atoms with Gasteiger partial charge in [-0.1, -0.05) is 60.7 Å². The fourth-order valence-electron chi connectivity index (χ4n) is 3.10. The minimum atomic E-state index is -0.594. The Hall–Kier alpha value is -3.22. The van der Waals surface area contributed by atoms with Crippen molar-refractivity contribution in [1.29, 1.82) is 0 Å². The molecule has 4 rings (SSSR count). The largest absolute Gasteiger partial charge is 0.487 e. The quantitative estimate of drug-likeness (QED) is 0.455. The molecule has 0 saturated carbocycles. The lowest BCUT2D eigenvalue weighted by molar-refractivity contribution is -0.117. The first kappa shape index (κ1) is 20.1. The number of rotatable bonds is 7. The SMILES string of the molecule is C[C@H](N)C(=O)Nc1nc(COc2ccc3ccccc3c2)c(Cc2ccccc2)s1. The molecule has 0 aliphatic heterocycles. The highest BCUT2D eigenvalue weighted by Crippen LogP contribution is 2.28. The molecule has 0 fully saturated rings. The number of hydrogen-bond donors (Lipinski definition) is 2. The van der Waals surface area contributed by atoms with Crippen LogP contribution >= 0.6 is 11.3 Å².